The number of amides is 1. The van der Waals surface area contributed by atoms with Gasteiger partial charge in [-0.15, -0.1) is 0 Å². The summed E-state index contributed by atoms with van der Waals surface area (Å²) in [6, 6.07) is 5.42. The van der Waals surface area contributed by atoms with Crippen LogP contribution in [0.5, 0.6) is 11.5 Å². The zero-order valence-corrected chi connectivity index (χ0v) is 25.2. The molecule has 2 atom stereocenters. The maximum Gasteiger partial charge on any atom is 0.254 e. The van der Waals surface area contributed by atoms with Gasteiger partial charge >= 0.3 is 0 Å². The predicted octanol–water partition coefficient (Wildman–Crippen LogP) is 3.55. The molecule has 9 nitrogen and oxygen atoms in total. The second-order valence-corrected chi connectivity index (χ2v) is 11.5. The van der Waals surface area contributed by atoms with Gasteiger partial charge in [-0.25, -0.2) is 0 Å². The normalized spacial score (nSPS) is 22.9. The number of nitrogens with one attached hydrogen (secondary N) is 2. The van der Waals surface area contributed by atoms with Crippen molar-refractivity contribution < 1.29 is 28.5 Å². The van der Waals surface area contributed by atoms with Gasteiger partial charge in [-0.1, -0.05) is 0 Å². The van der Waals surface area contributed by atoms with Gasteiger partial charge in [0.2, 0.25) is 0 Å². The smallest absolute Gasteiger partial charge is 0.254 e. The summed E-state index contributed by atoms with van der Waals surface area (Å²) in [4.78, 5) is 28.2. The Hall–Kier alpha value is -2.20. The van der Waals surface area contributed by atoms with Crippen LogP contribution in [0.4, 0.5) is 0 Å². The fourth-order valence-electron chi connectivity index (χ4n) is 5.86. The number of ketones is 1. The number of rotatable bonds is 17. The van der Waals surface area contributed by atoms with E-state index in [1.807, 2.05) is 4.90 Å². The average Bonchev–Trinajstić information content (AvgIpc) is 3.40. The van der Waals surface area contributed by atoms with Crippen molar-refractivity contribution in [3.05, 3.63) is 23.8 Å². The summed E-state index contributed by atoms with van der Waals surface area (Å²) in [5.74, 6) is 2.60. The molecule has 1 heterocycles. The third-order valence-corrected chi connectivity index (χ3v) is 8.33. The predicted molar refractivity (Wildman–Crippen MR) is 156 cm³/mol. The van der Waals surface area contributed by atoms with Crippen LogP contribution in [-0.2, 0) is 14.3 Å². The summed E-state index contributed by atoms with van der Waals surface area (Å²) in [6.07, 6.45) is 6.04. The molecule has 1 aromatic rings. The number of hydrogen-bond acceptors (Lipinski definition) is 8. The molecule has 1 aliphatic carbocycles. The van der Waals surface area contributed by atoms with Gasteiger partial charge in [0.25, 0.3) is 5.91 Å². The van der Waals surface area contributed by atoms with Crippen molar-refractivity contribution in [3.63, 3.8) is 0 Å². The van der Waals surface area contributed by atoms with Crippen molar-refractivity contribution in [2.24, 2.45) is 17.8 Å². The van der Waals surface area contributed by atoms with Crippen molar-refractivity contribution in [3.8, 4) is 11.5 Å². The Morgan fingerprint density at radius 3 is 2.45 bits per heavy atom. The summed E-state index contributed by atoms with van der Waals surface area (Å²) in [6.45, 7) is 8.78. The van der Waals surface area contributed by atoms with Crippen LogP contribution in [-0.4, -0.2) is 96.0 Å². The zero-order valence-electron chi connectivity index (χ0n) is 25.2. The second kappa shape index (κ2) is 16.9. The first-order valence-electron chi connectivity index (χ1n) is 14.9. The second-order valence-electron chi connectivity index (χ2n) is 11.5. The number of hydrogen-bond donors (Lipinski definition) is 2. The van der Waals surface area contributed by atoms with E-state index in [4.69, 9.17) is 18.9 Å². The van der Waals surface area contributed by atoms with Gasteiger partial charge in [0.1, 0.15) is 5.78 Å². The van der Waals surface area contributed by atoms with Gasteiger partial charge in [0.15, 0.2) is 11.5 Å². The van der Waals surface area contributed by atoms with Crippen LogP contribution in [0.2, 0.25) is 0 Å². The molecule has 0 aromatic heterocycles. The molecular formula is C31H51N3O6. The largest absolute Gasteiger partial charge is 0.493 e. The highest BCUT2D eigenvalue weighted by molar-refractivity contribution is 5.95. The lowest BCUT2D eigenvalue weighted by Gasteiger charge is -2.32. The molecule has 2 fully saturated rings. The van der Waals surface area contributed by atoms with Gasteiger partial charge in [-0.2, -0.15) is 0 Å². The quantitative estimate of drug-likeness (QED) is 0.279. The fraction of sp³-hybridized carbons (Fsp3) is 0.742. The Balaban J connectivity index is 1.52. The van der Waals surface area contributed by atoms with Gasteiger partial charge in [0, 0.05) is 58.4 Å². The maximum atomic E-state index is 13.7. The number of nitrogens with zero attached hydrogens (tertiary/aromatic N) is 1. The lowest BCUT2D eigenvalue weighted by atomic mass is 9.84. The number of carbonyl (C=O) groups excluding carboxylic acids is 2. The van der Waals surface area contributed by atoms with Crippen molar-refractivity contribution in [1.82, 2.24) is 15.5 Å². The molecule has 226 valence electrons. The molecule has 1 aromatic carbocycles. The molecule has 0 unspecified atom stereocenters. The van der Waals surface area contributed by atoms with Crippen LogP contribution in [0.3, 0.4) is 0 Å². The lowest BCUT2D eigenvalue weighted by Crippen LogP contribution is -2.43. The van der Waals surface area contributed by atoms with Gasteiger partial charge < -0.3 is 34.5 Å². The number of carbonyl (C=O) groups is 2. The van der Waals surface area contributed by atoms with E-state index in [1.54, 1.807) is 39.5 Å². The SMILES string of the molecule is COCCCOc1cc(C(=O)N(C[C@@H]2CNC[C@H]2CNCC(=O)CC2CCC(OC)CC2)C(C)C)ccc1OC. The molecule has 40 heavy (non-hydrogen) atoms. The van der Waals surface area contributed by atoms with E-state index in [9.17, 15) is 9.59 Å². The third-order valence-electron chi connectivity index (χ3n) is 8.33. The molecule has 0 radical (unpaired) electrons. The van der Waals surface area contributed by atoms with Crippen molar-refractivity contribution in [1.29, 1.82) is 0 Å². The van der Waals surface area contributed by atoms with Crippen LogP contribution >= 0.6 is 0 Å². The van der Waals surface area contributed by atoms with Crippen LogP contribution < -0.4 is 20.1 Å². The molecule has 0 bridgehead atoms. The topological polar surface area (TPSA) is 98.4 Å². The molecule has 2 aliphatic rings. The van der Waals surface area contributed by atoms with Crippen LogP contribution in [0, 0.1) is 17.8 Å². The Bertz CT molecular complexity index is 918. The minimum Gasteiger partial charge on any atom is -0.493 e. The Labute approximate surface area is 240 Å². The van der Waals surface area contributed by atoms with E-state index in [2.05, 4.69) is 24.5 Å². The first-order chi connectivity index (χ1) is 19.4. The van der Waals surface area contributed by atoms with Crippen molar-refractivity contribution in [2.75, 3.05) is 67.3 Å². The molecule has 1 aliphatic heterocycles. The fourth-order valence-corrected chi connectivity index (χ4v) is 5.86. The maximum absolute atomic E-state index is 13.7. The van der Waals surface area contributed by atoms with Crippen molar-refractivity contribution in [2.45, 2.75) is 64.5 Å². The van der Waals surface area contributed by atoms with E-state index < -0.39 is 0 Å². The van der Waals surface area contributed by atoms with E-state index in [0.29, 0.717) is 79.4 Å². The third kappa shape index (κ3) is 9.72. The summed E-state index contributed by atoms with van der Waals surface area (Å²) in [5, 5.41) is 6.92. The van der Waals surface area contributed by atoms with Crippen LogP contribution in [0.1, 0.15) is 62.7 Å². The monoisotopic (exact) mass is 561 g/mol. The molecule has 3 rings (SSSR count). The van der Waals surface area contributed by atoms with Gasteiger partial charge in [-0.05, 0) is 88.6 Å². The Kier molecular flexibility index (Phi) is 13.7. The highest BCUT2D eigenvalue weighted by Gasteiger charge is 2.32. The van der Waals surface area contributed by atoms with E-state index in [1.165, 1.54) is 0 Å². The first-order valence-corrected chi connectivity index (χ1v) is 14.9. The Morgan fingerprint density at radius 1 is 1.02 bits per heavy atom. The summed E-state index contributed by atoms with van der Waals surface area (Å²) in [7, 11) is 5.04. The van der Waals surface area contributed by atoms with E-state index in [-0.39, 0.29) is 11.9 Å². The Morgan fingerprint density at radius 2 is 1.77 bits per heavy atom. The lowest BCUT2D eigenvalue weighted by molar-refractivity contribution is -0.119. The standard InChI is InChI=1S/C31H51N3O6/c1-22(2)34(31(36)24-9-12-29(39-5)30(16-24)40-14-6-13-37-3)21-26-19-32-17-25(26)18-33-20-27(35)15-23-7-10-28(38-4)11-8-23/h9,12,16,22-23,25-26,28,32-33H,6-8,10-11,13-15,17-21H2,1-5H3/t23?,25-,26-,28?/m0/s1. The molecule has 0 spiro atoms. The molecule has 9 heteroatoms. The number of ether oxygens (including phenoxy) is 4. The molecular weight excluding hydrogens is 510 g/mol. The number of methoxy groups -OCH3 is 3. The van der Waals surface area contributed by atoms with E-state index >= 15 is 0 Å². The van der Waals surface area contributed by atoms with Crippen LogP contribution in [0.25, 0.3) is 0 Å². The summed E-state index contributed by atoms with van der Waals surface area (Å²) < 4.78 is 21.9. The first kappa shape index (κ1) is 32.3. The molecule has 1 saturated heterocycles. The van der Waals surface area contributed by atoms with Crippen LogP contribution in [0.15, 0.2) is 18.2 Å². The molecule has 2 N–H and O–H groups in total. The molecule has 1 amide bonds. The number of benzene rings is 1. The van der Waals surface area contributed by atoms with Gasteiger partial charge in [-0.3, -0.25) is 9.59 Å². The molecule has 1 saturated carbocycles. The minimum atomic E-state index is -0.0172. The summed E-state index contributed by atoms with van der Waals surface area (Å²) in [5.41, 5.74) is 0.585. The van der Waals surface area contributed by atoms with Gasteiger partial charge in [0.05, 0.1) is 26.4 Å². The highest BCUT2D eigenvalue weighted by Crippen LogP contribution is 2.30. The van der Waals surface area contributed by atoms with Crippen molar-refractivity contribution >= 4 is 11.7 Å². The minimum absolute atomic E-state index is 0.0172. The zero-order chi connectivity index (χ0) is 28.9. The average molecular weight is 562 g/mol. The highest BCUT2D eigenvalue weighted by atomic mass is 16.5. The van der Waals surface area contributed by atoms with E-state index in [0.717, 1.165) is 51.7 Å². The summed E-state index contributed by atoms with van der Waals surface area (Å²) >= 11 is 0. The number of Topliss-reactive ketones (excluding diaryl/α,β-unsaturated/α-hetero) is 1.